The van der Waals surface area contributed by atoms with E-state index in [1.165, 1.54) is 0 Å². The van der Waals surface area contributed by atoms with Gasteiger partial charge in [-0.1, -0.05) is 13.8 Å². The van der Waals surface area contributed by atoms with Crippen LogP contribution in [-0.2, 0) is 14.2 Å². The van der Waals surface area contributed by atoms with Gasteiger partial charge in [0, 0.05) is 0 Å². The van der Waals surface area contributed by atoms with Crippen molar-refractivity contribution in [2.45, 2.75) is 88.7 Å². The van der Waals surface area contributed by atoms with Crippen LogP contribution < -0.4 is 0 Å². The molecule has 108 valence electrons. The van der Waals surface area contributed by atoms with Crippen molar-refractivity contribution in [3.05, 3.63) is 0 Å². The molecule has 0 spiro atoms. The highest BCUT2D eigenvalue weighted by atomic mass is 16.6. The molecule has 3 aliphatic heterocycles. The van der Waals surface area contributed by atoms with Crippen molar-refractivity contribution in [1.29, 1.82) is 0 Å². The molecule has 4 rings (SSSR count). The molecule has 19 heavy (non-hydrogen) atoms. The third-order valence-corrected chi connectivity index (χ3v) is 5.82. The smallest absolute Gasteiger partial charge is 0.120 e. The number of fused-ring (bicyclic) bond motifs is 3. The lowest BCUT2D eigenvalue weighted by Crippen LogP contribution is -2.37. The van der Waals surface area contributed by atoms with Crippen LogP contribution in [0, 0.1) is 5.41 Å². The van der Waals surface area contributed by atoms with Crippen molar-refractivity contribution in [1.82, 2.24) is 0 Å². The van der Waals surface area contributed by atoms with Gasteiger partial charge in [-0.15, -0.1) is 0 Å². The van der Waals surface area contributed by atoms with E-state index >= 15 is 0 Å². The van der Waals surface area contributed by atoms with E-state index in [-0.39, 0.29) is 29.3 Å². The maximum atomic E-state index is 10.5. The second kappa shape index (κ2) is 3.35. The lowest BCUT2D eigenvalue weighted by molar-refractivity contribution is 0.0593. The number of aliphatic hydroxyl groups is 1. The first kappa shape index (κ1) is 12.6. The highest BCUT2D eigenvalue weighted by Crippen LogP contribution is 2.56. The molecular weight excluding hydrogens is 244 g/mol. The van der Waals surface area contributed by atoms with Crippen LogP contribution in [0.1, 0.15) is 47.0 Å². The zero-order chi connectivity index (χ0) is 13.6. The van der Waals surface area contributed by atoms with Crippen LogP contribution in [0.2, 0.25) is 0 Å². The minimum Gasteiger partial charge on any atom is -0.387 e. The Morgan fingerprint density at radius 3 is 2.53 bits per heavy atom. The Kier molecular flexibility index (Phi) is 2.22. The third kappa shape index (κ3) is 1.73. The van der Waals surface area contributed by atoms with Gasteiger partial charge in [-0.05, 0) is 38.5 Å². The number of epoxide rings is 3. The number of rotatable bonds is 0. The normalized spacial score (nSPS) is 62.1. The van der Waals surface area contributed by atoms with Gasteiger partial charge < -0.3 is 19.3 Å². The summed E-state index contributed by atoms with van der Waals surface area (Å²) in [5.74, 6) is 0. The van der Waals surface area contributed by atoms with Crippen molar-refractivity contribution in [3.8, 4) is 0 Å². The molecule has 3 saturated heterocycles. The molecule has 0 aromatic rings. The van der Waals surface area contributed by atoms with Crippen molar-refractivity contribution in [3.63, 3.8) is 0 Å². The highest BCUT2D eigenvalue weighted by Gasteiger charge is 2.68. The van der Waals surface area contributed by atoms with E-state index < -0.39 is 11.7 Å². The van der Waals surface area contributed by atoms with Gasteiger partial charge in [-0.25, -0.2) is 0 Å². The van der Waals surface area contributed by atoms with E-state index in [1.54, 1.807) is 0 Å². The standard InChI is InChI=1S/C15H24O4/c1-13(2)7-9-14(3,18-9)6-5-8-15(4,19-8)11(16)10-12(13)17-10/h8-12,16H,5-7H2,1-4H3/t8-,9-,10-,11?,12+,14-,15+/m0/s1. The highest BCUT2D eigenvalue weighted by molar-refractivity contribution is 5.16. The summed E-state index contributed by atoms with van der Waals surface area (Å²) >= 11 is 0. The third-order valence-electron chi connectivity index (χ3n) is 5.82. The zero-order valence-corrected chi connectivity index (χ0v) is 12.2. The molecule has 0 amide bonds. The quantitative estimate of drug-likeness (QED) is 0.679. The molecule has 0 aromatic carbocycles. The van der Waals surface area contributed by atoms with Gasteiger partial charge in [-0.3, -0.25) is 0 Å². The topological polar surface area (TPSA) is 57.8 Å². The van der Waals surface area contributed by atoms with E-state index in [9.17, 15) is 5.11 Å². The van der Waals surface area contributed by atoms with Crippen LogP contribution in [0.15, 0.2) is 0 Å². The van der Waals surface area contributed by atoms with Gasteiger partial charge in [0.2, 0.25) is 0 Å². The van der Waals surface area contributed by atoms with Gasteiger partial charge in [0.15, 0.2) is 0 Å². The molecule has 3 heterocycles. The Morgan fingerprint density at radius 2 is 1.79 bits per heavy atom. The molecule has 4 heteroatoms. The van der Waals surface area contributed by atoms with Gasteiger partial charge in [-0.2, -0.15) is 0 Å². The van der Waals surface area contributed by atoms with Crippen LogP contribution in [0.25, 0.3) is 0 Å². The van der Waals surface area contributed by atoms with Crippen molar-refractivity contribution in [2.75, 3.05) is 0 Å². The molecule has 0 radical (unpaired) electrons. The monoisotopic (exact) mass is 268 g/mol. The summed E-state index contributed by atoms with van der Waals surface area (Å²) in [5.41, 5.74) is -0.330. The zero-order valence-electron chi connectivity index (χ0n) is 12.2. The molecule has 4 aliphatic rings. The van der Waals surface area contributed by atoms with Gasteiger partial charge in [0.1, 0.15) is 17.8 Å². The minimum absolute atomic E-state index is 0.0177. The predicted octanol–water partition coefficient (Wildman–Crippen LogP) is 1.64. The minimum atomic E-state index is -0.495. The number of ether oxygens (including phenoxy) is 3. The first-order valence-corrected chi connectivity index (χ1v) is 7.45. The molecular formula is C15H24O4. The van der Waals surface area contributed by atoms with Gasteiger partial charge in [0.25, 0.3) is 0 Å². The average Bonchev–Trinajstić information content (AvgIpc) is 3.17. The summed E-state index contributed by atoms with van der Waals surface area (Å²) in [5, 5.41) is 10.5. The lowest BCUT2D eigenvalue weighted by Gasteiger charge is -2.23. The molecule has 0 bridgehead atoms. The summed E-state index contributed by atoms with van der Waals surface area (Å²) < 4.78 is 17.5. The fourth-order valence-corrected chi connectivity index (χ4v) is 3.98. The maximum Gasteiger partial charge on any atom is 0.120 e. The van der Waals surface area contributed by atoms with E-state index in [2.05, 4.69) is 20.8 Å². The summed E-state index contributed by atoms with van der Waals surface area (Å²) in [6, 6.07) is 0. The summed E-state index contributed by atoms with van der Waals surface area (Å²) in [7, 11) is 0. The van der Waals surface area contributed by atoms with E-state index in [0.717, 1.165) is 19.3 Å². The SMILES string of the molecule is CC1(C)C[C@@H]2O[C@@]2(C)CC[C@@H]2O[C@@]2(C)C(O)[C@@H]2O[C@H]21. The largest absolute Gasteiger partial charge is 0.387 e. The number of hydrogen-bond acceptors (Lipinski definition) is 4. The fraction of sp³-hybridized carbons (Fsp3) is 1.00. The van der Waals surface area contributed by atoms with Crippen LogP contribution in [0.3, 0.4) is 0 Å². The first-order chi connectivity index (χ1) is 8.76. The Hall–Kier alpha value is -0.160. The van der Waals surface area contributed by atoms with Gasteiger partial charge >= 0.3 is 0 Å². The summed E-state index contributed by atoms with van der Waals surface area (Å²) in [6.07, 6.45) is 3.09. The van der Waals surface area contributed by atoms with Gasteiger partial charge in [0.05, 0.1) is 23.9 Å². The van der Waals surface area contributed by atoms with Crippen LogP contribution in [0.4, 0.5) is 0 Å². The van der Waals surface area contributed by atoms with Crippen molar-refractivity contribution in [2.24, 2.45) is 5.41 Å². The molecule has 1 saturated carbocycles. The molecule has 1 aliphatic carbocycles. The van der Waals surface area contributed by atoms with E-state index in [1.807, 2.05) is 6.92 Å². The molecule has 1 unspecified atom stereocenters. The maximum absolute atomic E-state index is 10.5. The Labute approximate surface area is 114 Å². The van der Waals surface area contributed by atoms with Crippen LogP contribution in [-0.4, -0.2) is 46.8 Å². The summed E-state index contributed by atoms with van der Waals surface area (Å²) in [6.45, 7) is 8.66. The Morgan fingerprint density at radius 1 is 1.05 bits per heavy atom. The van der Waals surface area contributed by atoms with Crippen molar-refractivity contribution >= 4 is 0 Å². The lowest BCUT2D eigenvalue weighted by atomic mass is 9.79. The second-order valence-electron chi connectivity index (χ2n) is 7.91. The number of aliphatic hydroxyl groups excluding tert-OH is 1. The van der Waals surface area contributed by atoms with Crippen LogP contribution >= 0.6 is 0 Å². The second-order valence-corrected chi connectivity index (χ2v) is 7.91. The molecule has 4 fully saturated rings. The fourth-order valence-electron chi connectivity index (χ4n) is 3.98. The van der Waals surface area contributed by atoms with Crippen LogP contribution in [0.5, 0.6) is 0 Å². The Bertz CT molecular complexity index is 422. The predicted molar refractivity (Wildman–Crippen MR) is 68.9 cm³/mol. The Balaban J connectivity index is 1.59. The molecule has 0 aromatic heterocycles. The van der Waals surface area contributed by atoms with Crippen molar-refractivity contribution < 1.29 is 19.3 Å². The molecule has 1 N–H and O–H groups in total. The average molecular weight is 268 g/mol. The van der Waals surface area contributed by atoms with E-state index in [4.69, 9.17) is 14.2 Å². The first-order valence-electron chi connectivity index (χ1n) is 7.45. The number of hydrogen-bond donors (Lipinski definition) is 1. The molecule has 7 atom stereocenters. The molecule has 4 nitrogen and oxygen atoms in total. The van der Waals surface area contributed by atoms with E-state index in [0.29, 0.717) is 6.10 Å². The summed E-state index contributed by atoms with van der Waals surface area (Å²) in [4.78, 5) is 0.